The van der Waals surface area contributed by atoms with E-state index in [0.717, 1.165) is 16.5 Å². The number of nitrogens with zero attached hydrogens (tertiary/aromatic N) is 2. The summed E-state index contributed by atoms with van der Waals surface area (Å²) in [6.07, 6.45) is 0.522. The number of likely N-dealkylation sites (tertiary alicyclic amines) is 1. The van der Waals surface area contributed by atoms with Gasteiger partial charge in [-0.15, -0.1) is 0 Å². The maximum atomic E-state index is 12.1. The molecule has 0 aliphatic carbocycles. The summed E-state index contributed by atoms with van der Waals surface area (Å²) >= 11 is 0. The highest BCUT2D eigenvalue weighted by Gasteiger charge is 2.51. The molecule has 1 aromatic heterocycles. The minimum atomic E-state index is -1.37. The number of ether oxygens (including phenoxy) is 1. The summed E-state index contributed by atoms with van der Waals surface area (Å²) in [5.74, 6) is -1.97. The molecule has 0 saturated carbocycles. The topological polar surface area (TPSA) is 71.8 Å². The molecule has 6 heteroatoms. The zero-order valence-electron chi connectivity index (χ0n) is 12.7. The molecule has 1 amide bonds. The van der Waals surface area contributed by atoms with Crippen molar-refractivity contribution in [1.82, 2.24) is 9.47 Å². The van der Waals surface area contributed by atoms with E-state index in [2.05, 4.69) is 0 Å². The maximum absolute atomic E-state index is 12.1. The molecule has 6 nitrogen and oxygen atoms in total. The lowest BCUT2D eigenvalue weighted by atomic mass is 9.92. The third-order valence-electron chi connectivity index (χ3n) is 4.42. The Morgan fingerprint density at radius 2 is 1.95 bits per heavy atom. The molecule has 2 heterocycles. The molecule has 0 unspecified atom stereocenters. The number of hydrogen-bond donors (Lipinski definition) is 1. The van der Waals surface area contributed by atoms with Gasteiger partial charge in [0.2, 0.25) is 0 Å². The van der Waals surface area contributed by atoms with Crippen molar-refractivity contribution in [3.63, 3.8) is 0 Å². The van der Waals surface area contributed by atoms with Gasteiger partial charge in [-0.25, -0.2) is 0 Å². The molecule has 1 aliphatic heterocycles. The van der Waals surface area contributed by atoms with Gasteiger partial charge in [0.05, 0.1) is 13.2 Å². The number of carbonyl (C=O) groups is 2. The van der Waals surface area contributed by atoms with E-state index in [1.54, 1.807) is 7.05 Å². The van der Waals surface area contributed by atoms with E-state index in [9.17, 15) is 14.7 Å². The molecule has 1 N–H and O–H groups in total. The number of rotatable bonds is 2. The standard InChI is InChI=1S/C16H18N2O4/c1-17-8-10(9-6-4-5-7-11(9)17)13-12(16(21)22-3)14(19)15(20)18(13)2/h4-8,12-14,19H,1-3H3/t12-,13+,14+/m1/s1. The second-order valence-electron chi connectivity index (χ2n) is 5.60. The number of carbonyl (C=O) groups excluding carboxylic acids is 2. The predicted octanol–water partition coefficient (Wildman–Crippen LogP) is 0.841. The Kier molecular flexibility index (Phi) is 3.41. The largest absolute Gasteiger partial charge is 0.469 e. The summed E-state index contributed by atoms with van der Waals surface area (Å²) in [4.78, 5) is 25.6. The summed E-state index contributed by atoms with van der Waals surface area (Å²) in [5.41, 5.74) is 1.84. The van der Waals surface area contributed by atoms with Crippen LogP contribution in [0.3, 0.4) is 0 Å². The Balaban J connectivity index is 2.18. The van der Waals surface area contributed by atoms with Gasteiger partial charge in [0.25, 0.3) is 5.91 Å². The number of para-hydroxylation sites is 1. The van der Waals surface area contributed by atoms with Crippen LogP contribution in [0.1, 0.15) is 11.6 Å². The van der Waals surface area contributed by atoms with Crippen LogP contribution < -0.4 is 0 Å². The first-order valence-electron chi connectivity index (χ1n) is 7.04. The number of amides is 1. The smallest absolute Gasteiger partial charge is 0.314 e. The molecule has 1 saturated heterocycles. The number of methoxy groups -OCH3 is 1. The van der Waals surface area contributed by atoms with Gasteiger partial charge in [-0.2, -0.15) is 0 Å². The molecule has 1 aliphatic rings. The normalized spacial score (nSPS) is 25.0. The number of esters is 1. The van der Waals surface area contributed by atoms with E-state index in [4.69, 9.17) is 4.74 Å². The highest BCUT2D eigenvalue weighted by atomic mass is 16.5. The molecular weight excluding hydrogens is 284 g/mol. The van der Waals surface area contributed by atoms with Crippen LogP contribution in [-0.4, -0.2) is 46.7 Å². The first-order valence-corrected chi connectivity index (χ1v) is 7.04. The fourth-order valence-electron chi connectivity index (χ4n) is 3.32. The van der Waals surface area contributed by atoms with Crippen molar-refractivity contribution in [1.29, 1.82) is 0 Å². The minimum Gasteiger partial charge on any atom is -0.469 e. The first-order chi connectivity index (χ1) is 10.5. The molecule has 1 fully saturated rings. The summed E-state index contributed by atoms with van der Waals surface area (Å²) in [6, 6.07) is 7.22. The van der Waals surface area contributed by atoms with Crippen LogP contribution in [0.2, 0.25) is 0 Å². The Labute approximate surface area is 127 Å². The zero-order valence-corrected chi connectivity index (χ0v) is 12.7. The van der Waals surface area contributed by atoms with Gasteiger partial charge in [0.15, 0.2) is 0 Å². The van der Waals surface area contributed by atoms with Gasteiger partial charge in [0, 0.05) is 36.8 Å². The number of benzene rings is 1. The van der Waals surface area contributed by atoms with Crippen LogP contribution in [0.5, 0.6) is 0 Å². The molecule has 0 bridgehead atoms. The molecule has 0 spiro atoms. The van der Waals surface area contributed by atoms with Gasteiger partial charge >= 0.3 is 5.97 Å². The van der Waals surface area contributed by atoms with Crippen molar-refractivity contribution in [3.05, 3.63) is 36.0 Å². The predicted molar refractivity (Wildman–Crippen MR) is 79.9 cm³/mol. The average molecular weight is 302 g/mol. The van der Waals surface area contributed by atoms with Crippen molar-refractivity contribution in [2.75, 3.05) is 14.2 Å². The van der Waals surface area contributed by atoms with Gasteiger partial charge in [-0.1, -0.05) is 18.2 Å². The molecule has 3 atom stereocenters. The molecule has 1 aromatic carbocycles. The van der Waals surface area contributed by atoms with Gasteiger partial charge < -0.3 is 19.3 Å². The first kappa shape index (κ1) is 14.6. The lowest BCUT2D eigenvalue weighted by Crippen LogP contribution is -2.30. The second-order valence-corrected chi connectivity index (χ2v) is 5.60. The highest BCUT2D eigenvalue weighted by Crippen LogP contribution is 2.41. The third kappa shape index (κ3) is 1.91. The van der Waals surface area contributed by atoms with Gasteiger partial charge in [0.1, 0.15) is 12.0 Å². The molecule has 0 radical (unpaired) electrons. The Morgan fingerprint density at radius 1 is 1.27 bits per heavy atom. The average Bonchev–Trinajstić information content (AvgIpc) is 2.97. The number of likely N-dealkylation sites (N-methyl/N-ethyl adjacent to an activating group) is 1. The van der Waals surface area contributed by atoms with Crippen molar-refractivity contribution in [2.24, 2.45) is 13.0 Å². The van der Waals surface area contributed by atoms with E-state index in [1.165, 1.54) is 12.0 Å². The highest BCUT2D eigenvalue weighted by molar-refractivity contribution is 5.94. The number of fused-ring (bicyclic) bond motifs is 1. The fourth-order valence-corrected chi connectivity index (χ4v) is 3.32. The fraction of sp³-hybridized carbons (Fsp3) is 0.375. The van der Waals surface area contributed by atoms with Crippen LogP contribution in [0.4, 0.5) is 0 Å². The van der Waals surface area contributed by atoms with Crippen molar-refractivity contribution in [3.8, 4) is 0 Å². The Bertz CT molecular complexity index is 752. The number of aliphatic hydroxyl groups is 1. The quantitative estimate of drug-likeness (QED) is 0.835. The molecule has 3 rings (SSSR count). The van der Waals surface area contributed by atoms with Gasteiger partial charge in [-0.05, 0) is 6.07 Å². The number of hydrogen-bond acceptors (Lipinski definition) is 4. The van der Waals surface area contributed by atoms with Crippen LogP contribution in [-0.2, 0) is 21.4 Å². The van der Waals surface area contributed by atoms with Crippen LogP contribution in [0, 0.1) is 5.92 Å². The Morgan fingerprint density at radius 3 is 2.64 bits per heavy atom. The van der Waals surface area contributed by atoms with Crippen LogP contribution in [0.15, 0.2) is 30.5 Å². The summed E-state index contributed by atoms with van der Waals surface area (Å²) < 4.78 is 6.73. The number of aromatic nitrogens is 1. The molecule has 116 valence electrons. The molecule has 2 aromatic rings. The van der Waals surface area contributed by atoms with Crippen molar-refractivity contribution < 1.29 is 19.4 Å². The lowest BCUT2D eigenvalue weighted by molar-refractivity contribution is -0.150. The number of aliphatic hydroxyl groups excluding tert-OH is 1. The second kappa shape index (κ2) is 5.14. The minimum absolute atomic E-state index is 0.465. The van der Waals surface area contributed by atoms with Crippen molar-refractivity contribution >= 4 is 22.8 Å². The van der Waals surface area contributed by atoms with E-state index >= 15 is 0 Å². The van der Waals surface area contributed by atoms with E-state index in [0.29, 0.717) is 0 Å². The Hall–Kier alpha value is -2.34. The summed E-state index contributed by atoms with van der Waals surface area (Å²) in [7, 11) is 4.77. The summed E-state index contributed by atoms with van der Waals surface area (Å²) in [5, 5.41) is 11.1. The zero-order chi connectivity index (χ0) is 16.0. The lowest BCUT2D eigenvalue weighted by Gasteiger charge is -2.23. The van der Waals surface area contributed by atoms with E-state index in [-0.39, 0.29) is 0 Å². The SMILES string of the molecule is COC(=O)[C@H]1[C@H](O)C(=O)N(C)[C@H]1c1cn(C)c2ccccc12. The monoisotopic (exact) mass is 302 g/mol. The van der Waals surface area contributed by atoms with Crippen LogP contribution in [0.25, 0.3) is 10.9 Å². The molecular formula is C16H18N2O4. The maximum Gasteiger partial charge on any atom is 0.314 e. The summed E-state index contributed by atoms with van der Waals surface area (Å²) in [6.45, 7) is 0. The van der Waals surface area contributed by atoms with Crippen LogP contribution >= 0.6 is 0 Å². The van der Waals surface area contributed by atoms with Gasteiger partial charge in [-0.3, -0.25) is 9.59 Å². The number of aryl methyl sites for hydroxylation is 1. The molecule has 22 heavy (non-hydrogen) atoms. The van der Waals surface area contributed by atoms with E-state index in [1.807, 2.05) is 42.1 Å². The third-order valence-corrected chi connectivity index (χ3v) is 4.42. The van der Waals surface area contributed by atoms with Crippen molar-refractivity contribution in [2.45, 2.75) is 12.1 Å². The van der Waals surface area contributed by atoms with E-state index < -0.39 is 29.9 Å².